The molecule has 2 aromatic rings. The highest BCUT2D eigenvalue weighted by Crippen LogP contribution is 2.31. The third-order valence-electron chi connectivity index (χ3n) is 4.02. The summed E-state index contributed by atoms with van der Waals surface area (Å²) in [5.74, 6) is 0.128. The lowest BCUT2D eigenvalue weighted by atomic mass is 10.0. The first-order chi connectivity index (χ1) is 9.58. The normalized spacial score (nSPS) is 16.3. The van der Waals surface area contributed by atoms with E-state index in [0.29, 0.717) is 11.5 Å². The van der Waals surface area contributed by atoms with Gasteiger partial charge in [-0.1, -0.05) is 13.8 Å². The van der Waals surface area contributed by atoms with E-state index in [1.165, 1.54) is 5.56 Å². The Morgan fingerprint density at radius 3 is 2.60 bits per heavy atom. The van der Waals surface area contributed by atoms with Gasteiger partial charge < -0.3 is 14.6 Å². The average molecular weight is 275 g/mol. The van der Waals surface area contributed by atoms with Gasteiger partial charge in [0.25, 0.3) is 0 Å². The molecule has 1 N–H and O–H groups in total. The van der Waals surface area contributed by atoms with Gasteiger partial charge in [0.2, 0.25) is 0 Å². The van der Waals surface area contributed by atoms with Crippen molar-refractivity contribution in [3.63, 3.8) is 0 Å². The second kappa shape index (κ2) is 4.98. The lowest BCUT2D eigenvalue weighted by Crippen LogP contribution is -2.43. The standard InChI is InChI=1S/C15H21N3O2/c1-10(2)11-8-12-14(20-15(19)17(12)3)13(9-11)18-6-4-16-5-7-18/h8-10,16H,4-7H2,1-3H3. The summed E-state index contributed by atoms with van der Waals surface area (Å²) in [7, 11) is 1.76. The number of aryl methyl sites for hydroxylation is 1. The van der Waals surface area contributed by atoms with E-state index in [1.807, 2.05) is 0 Å². The summed E-state index contributed by atoms with van der Waals surface area (Å²) in [6, 6.07) is 4.23. The molecule has 1 aliphatic rings. The molecule has 0 bridgehead atoms. The van der Waals surface area contributed by atoms with Gasteiger partial charge in [0.1, 0.15) is 0 Å². The van der Waals surface area contributed by atoms with Gasteiger partial charge in [-0.05, 0) is 23.6 Å². The summed E-state index contributed by atoms with van der Waals surface area (Å²) in [5, 5.41) is 3.35. The molecule has 0 atom stereocenters. The maximum Gasteiger partial charge on any atom is 0.419 e. The fourth-order valence-corrected chi connectivity index (χ4v) is 2.70. The highest BCUT2D eigenvalue weighted by atomic mass is 16.4. The van der Waals surface area contributed by atoms with Gasteiger partial charge in [0.15, 0.2) is 5.58 Å². The molecule has 0 unspecified atom stereocenters. The zero-order valence-electron chi connectivity index (χ0n) is 12.3. The summed E-state index contributed by atoms with van der Waals surface area (Å²) in [5.41, 5.74) is 3.88. The molecular formula is C15H21N3O2. The van der Waals surface area contributed by atoms with Crippen molar-refractivity contribution < 1.29 is 4.42 Å². The zero-order chi connectivity index (χ0) is 14.3. The van der Waals surface area contributed by atoms with Crippen LogP contribution in [0, 0.1) is 0 Å². The summed E-state index contributed by atoms with van der Waals surface area (Å²) >= 11 is 0. The predicted octanol–water partition coefficient (Wildman–Crippen LogP) is 1.66. The van der Waals surface area contributed by atoms with Crippen LogP contribution in [0.25, 0.3) is 11.1 Å². The Morgan fingerprint density at radius 1 is 1.25 bits per heavy atom. The first-order valence-corrected chi connectivity index (χ1v) is 7.17. The van der Waals surface area contributed by atoms with Gasteiger partial charge in [-0.15, -0.1) is 0 Å². The van der Waals surface area contributed by atoms with Gasteiger partial charge >= 0.3 is 5.76 Å². The predicted molar refractivity (Wildman–Crippen MR) is 80.6 cm³/mol. The Labute approximate surface area is 118 Å². The van der Waals surface area contributed by atoms with Crippen LogP contribution in [0.15, 0.2) is 21.3 Å². The van der Waals surface area contributed by atoms with Crippen molar-refractivity contribution in [2.75, 3.05) is 31.1 Å². The first-order valence-electron chi connectivity index (χ1n) is 7.17. The van der Waals surface area contributed by atoms with Crippen LogP contribution in [-0.4, -0.2) is 30.7 Å². The molecule has 20 heavy (non-hydrogen) atoms. The van der Waals surface area contributed by atoms with Crippen molar-refractivity contribution in [1.29, 1.82) is 0 Å². The second-order valence-electron chi connectivity index (χ2n) is 5.71. The van der Waals surface area contributed by atoms with Crippen LogP contribution >= 0.6 is 0 Å². The molecular weight excluding hydrogens is 254 g/mol. The number of nitrogens with zero attached hydrogens (tertiary/aromatic N) is 2. The fourth-order valence-electron chi connectivity index (χ4n) is 2.70. The number of aromatic nitrogens is 1. The Morgan fingerprint density at radius 2 is 1.95 bits per heavy atom. The smallest absolute Gasteiger partial charge is 0.405 e. The van der Waals surface area contributed by atoms with Crippen molar-refractivity contribution in [2.45, 2.75) is 19.8 Å². The molecule has 3 rings (SSSR count). The molecule has 108 valence electrons. The van der Waals surface area contributed by atoms with Crippen molar-refractivity contribution in [2.24, 2.45) is 7.05 Å². The van der Waals surface area contributed by atoms with E-state index < -0.39 is 0 Å². The number of rotatable bonds is 2. The molecule has 1 aromatic carbocycles. The SMILES string of the molecule is CC(C)c1cc(N2CCNCC2)c2oc(=O)n(C)c2c1. The zero-order valence-corrected chi connectivity index (χ0v) is 12.3. The number of oxazole rings is 1. The van der Waals surface area contributed by atoms with Crippen molar-refractivity contribution >= 4 is 16.8 Å². The Kier molecular flexibility index (Phi) is 3.30. The van der Waals surface area contributed by atoms with Crippen LogP contribution in [0.1, 0.15) is 25.3 Å². The van der Waals surface area contributed by atoms with Gasteiger partial charge in [-0.25, -0.2) is 4.79 Å². The first kappa shape index (κ1) is 13.2. The summed E-state index contributed by atoms with van der Waals surface area (Å²) in [6.07, 6.45) is 0. The molecule has 1 aromatic heterocycles. The van der Waals surface area contributed by atoms with E-state index in [0.717, 1.165) is 37.4 Å². The van der Waals surface area contributed by atoms with Crippen molar-refractivity contribution in [1.82, 2.24) is 9.88 Å². The van der Waals surface area contributed by atoms with E-state index in [1.54, 1.807) is 11.6 Å². The molecule has 0 saturated carbocycles. The molecule has 0 radical (unpaired) electrons. The molecule has 1 aliphatic heterocycles. The molecule has 2 heterocycles. The second-order valence-corrected chi connectivity index (χ2v) is 5.71. The Balaban J connectivity index is 2.22. The molecule has 0 aliphatic carbocycles. The van der Waals surface area contributed by atoms with Gasteiger partial charge in [0.05, 0.1) is 11.2 Å². The number of piperazine rings is 1. The lowest BCUT2D eigenvalue weighted by Gasteiger charge is -2.29. The number of nitrogens with one attached hydrogen (secondary N) is 1. The van der Waals surface area contributed by atoms with Crippen LogP contribution in [0.5, 0.6) is 0 Å². The van der Waals surface area contributed by atoms with Crippen LogP contribution in [0.4, 0.5) is 5.69 Å². The summed E-state index contributed by atoms with van der Waals surface area (Å²) in [6.45, 7) is 8.14. The number of benzene rings is 1. The minimum Gasteiger partial charge on any atom is -0.405 e. The van der Waals surface area contributed by atoms with Gasteiger partial charge in [-0.2, -0.15) is 0 Å². The van der Waals surface area contributed by atoms with Crippen LogP contribution < -0.4 is 16.0 Å². The number of fused-ring (bicyclic) bond motifs is 1. The molecule has 5 nitrogen and oxygen atoms in total. The number of anilines is 1. The Bertz CT molecular complexity index is 678. The van der Waals surface area contributed by atoms with Crippen LogP contribution in [-0.2, 0) is 7.05 Å². The third kappa shape index (κ3) is 2.12. The molecule has 1 fully saturated rings. The van der Waals surface area contributed by atoms with Gasteiger partial charge in [-0.3, -0.25) is 4.57 Å². The Hall–Kier alpha value is -1.75. The monoisotopic (exact) mass is 275 g/mol. The quantitative estimate of drug-likeness (QED) is 0.905. The molecule has 5 heteroatoms. The lowest BCUT2D eigenvalue weighted by molar-refractivity contribution is 0.524. The van der Waals surface area contributed by atoms with E-state index in [4.69, 9.17) is 4.42 Å². The number of hydrogen-bond donors (Lipinski definition) is 1. The molecule has 1 saturated heterocycles. The maximum absolute atomic E-state index is 11.8. The fraction of sp³-hybridized carbons (Fsp3) is 0.533. The summed E-state index contributed by atoms with van der Waals surface area (Å²) in [4.78, 5) is 14.1. The van der Waals surface area contributed by atoms with Crippen molar-refractivity contribution in [3.05, 3.63) is 28.2 Å². The highest BCUT2D eigenvalue weighted by molar-refractivity contribution is 5.88. The van der Waals surface area contributed by atoms with Gasteiger partial charge in [0, 0.05) is 33.2 Å². The third-order valence-corrected chi connectivity index (χ3v) is 4.02. The number of hydrogen-bond acceptors (Lipinski definition) is 4. The average Bonchev–Trinajstić information content (AvgIpc) is 2.74. The molecule has 0 amide bonds. The summed E-state index contributed by atoms with van der Waals surface area (Å²) < 4.78 is 7.05. The minimum atomic E-state index is -0.294. The maximum atomic E-state index is 11.8. The minimum absolute atomic E-state index is 0.294. The van der Waals surface area contributed by atoms with Crippen LogP contribution in [0.2, 0.25) is 0 Å². The molecule has 0 spiro atoms. The van der Waals surface area contributed by atoms with Crippen molar-refractivity contribution in [3.8, 4) is 0 Å². The topological polar surface area (TPSA) is 50.4 Å². The van der Waals surface area contributed by atoms with E-state index in [-0.39, 0.29) is 5.76 Å². The van der Waals surface area contributed by atoms with Crippen LogP contribution in [0.3, 0.4) is 0 Å². The highest BCUT2D eigenvalue weighted by Gasteiger charge is 2.19. The van der Waals surface area contributed by atoms with E-state index in [9.17, 15) is 4.79 Å². The van der Waals surface area contributed by atoms with E-state index >= 15 is 0 Å². The van der Waals surface area contributed by atoms with E-state index in [2.05, 4.69) is 36.2 Å². The largest absolute Gasteiger partial charge is 0.419 e.